The first-order valence-electron chi connectivity index (χ1n) is 11.3. The van der Waals surface area contributed by atoms with Gasteiger partial charge in [-0.05, 0) is 80.5 Å². The summed E-state index contributed by atoms with van der Waals surface area (Å²) in [7, 11) is -3.75. The lowest BCUT2D eigenvalue weighted by Crippen LogP contribution is -2.38. The van der Waals surface area contributed by atoms with Gasteiger partial charge in [-0.2, -0.15) is 0 Å². The number of carbonyl (C=O) groups is 1. The molecule has 172 valence electrons. The van der Waals surface area contributed by atoms with Crippen LogP contribution in [-0.2, 0) is 10.0 Å². The molecule has 0 aromatic heterocycles. The first kappa shape index (κ1) is 23.1. The minimum absolute atomic E-state index is 0.0111. The van der Waals surface area contributed by atoms with E-state index in [0.29, 0.717) is 17.2 Å². The molecule has 8 heteroatoms. The van der Waals surface area contributed by atoms with Crippen molar-refractivity contribution in [2.75, 3.05) is 35.8 Å². The molecule has 0 bridgehead atoms. The minimum Gasteiger partial charge on any atom is -0.371 e. The first-order valence-corrected chi connectivity index (χ1v) is 13.6. The van der Waals surface area contributed by atoms with Crippen molar-refractivity contribution in [1.29, 1.82) is 0 Å². The number of carbonyl (C=O) groups excluding carboxylic acids is 1. The Balaban J connectivity index is 1.65. The average Bonchev–Trinajstić information content (AvgIpc) is 2.80. The monoisotopic (exact) mass is 519 g/mol. The molecule has 0 radical (unpaired) electrons. The molecular weight excluding hydrogens is 490 g/mol. The van der Waals surface area contributed by atoms with E-state index >= 15 is 0 Å². The number of amides is 1. The Hall–Kier alpha value is -2.06. The molecule has 0 spiro atoms. The first-order chi connectivity index (χ1) is 15.3. The van der Waals surface area contributed by atoms with Crippen molar-refractivity contribution in [3.8, 4) is 0 Å². The van der Waals surface area contributed by atoms with Crippen molar-refractivity contribution < 1.29 is 13.2 Å². The van der Waals surface area contributed by atoms with Crippen molar-refractivity contribution in [1.82, 2.24) is 4.90 Å². The zero-order chi connectivity index (χ0) is 22.7. The van der Waals surface area contributed by atoms with Crippen molar-refractivity contribution in [3.05, 3.63) is 52.5 Å². The highest BCUT2D eigenvalue weighted by molar-refractivity contribution is 9.10. The summed E-state index contributed by atoms with van der Waals surface area (Å²) in [4.78, 5) is 17.8. The van der Waals surface area contributed by atoms with Crippen LogP contribution in [0.5, 0.6) is 0 Å². The van der Waals surface area contributed by atoms with E-state index in [1.807, 2.05) is 11.0 Å². The van der Waals surface area contributed by atoms with E-state index in [9.17, 15) is 13.2 Å². The van der Waals surface area contributed by atoms with E-state index in [2.05, 4.69) is 32.5 Å². The Morgan fingerprint density at radius 3 is 2.28 bits per heavy atom. The molecule has 2 heterocycles. The van der Waals surface area contributed by atoms with Gasteiger partial charge in [0.2, 0.25) is 0 Å². The minimum atomic E-state index is -3.75. The van der Waals surface area contributed by atoms with Crippen LogP contribution in [-0.4, -0.2) is 45.4 Å². The summed E-state index contributed by atoms with van der Waals surface area (Å²) < 4.78 is 29.2. The Labute approximate surface area is 199 Å². The number of hydrogen-bond donors (Lipinski definition) is 1. The summed E-state index contributed by atoms with van der Waals surface area (Å²) in [5, 5.41) is 0. The summed E-state index contributed by atoms with van der Waals surface area (Å²) in [6.45, 7) is 5.59. The van der Waals surface area contributed by atoms with Crippen molar-refractivity contribution in [2.24, 2.45) is 5.92 Å². The summed E-state index contributed by atoms with van der Waals surface area (Å²) in [5.41, 5.74) is 1.89. The highest BCUT2D eigenvalue weighted by atomic mass is 79.9. The van der Waals surface area contributed by atoms with Crippen LogP contribution in [0.2, 0.25) is 0 Å². The number of hydrogen-bond acceptors (Lipinski definition) is 4. The van der Waals surface area contributed by atoms with Gasteiger partial charge in [0.1, 0.15) is 0 Å². The third-order valence-electron chi connectivity index (χ3n) is 6.37. The predicted octanol–water partition coefficient (Wildman–Crippen LogP) is 5.11. The fraction of sp³-hybridized carbons (Fsp3) is 0.458. The van der Waals surface area contributed by atoms with E-state index in [1.54, 1.807) is 36.4 Å². The smallest absolute Gasteiger partial charge is 0.261 e. The molecule has 2 saturated heterocycles. The van der Waals surface area contributed by atoms with Gasteiger partial charge in [0.25, 0.3) is 15.9 Å². The lowest BCUT2D eigenvalue weighted by atomic mass is 9.97. The van der Waals surface area contributed by atoms with Gasteiger partial charge < -0.3 is 9.80 Å². The van der Waals surface area contributed by atoms with Gasteiger partial charge in [-0.3, -0.25) is 9.52 Å². The van der Waals surface area contributed by atoms with Crippen LogP contribution in [0.4, 0.5) is 11.4 Å². The topological polar surface area (TPSA) is 69.7 Å². The number of likely N-dealkylation sites (tertiary alicyclic amines) is 1. The maximum atomic E-state index is 13.5. The van der Waals surface area contributed by atoms with E-state index in [-0.39, 0.29) is 10.8 Å². The Morgan fingerprint density at radius 1 is 0.969 bits per heavy atom. The number of halogens is 1. The van der Waals surface area contributed by atoms with Gasteiger partial charge in [0, 0.05) is 42.0 Å². The van der Waals surface area contributed by atoms with Gasteiger partial charge >= 0.3 is 0 Å². The van der Waals surface area contributed by atoms with Gasteiger partial charge in [0.15, 0.2) is 0 Å². The second kappa shape index (κ2) is 9.83. The maximum Gasteiger partial charge on any atom is 0.261 e. The fourth-order valence-corrected chi connectivity index (χ4v) is 5.71. The highest BCUT2D eigenvalue weighted by Crippen LogP contribution is 2.31. The summed E-state index contributed by atoms with van der Waals surface area (Å²) >= 11 is 3.33. The molecular formula is C24H30BrN3O3S. The number of rotatable bonds is 5. The molecule has 2 aliphatic heterocycles. The number of piperidine rings is 2. The van der Waals surface area contributed by atoms with Gasteiger partial charge in [-0.25, -0.2) is 8.42 Å². The Bertz CT molecular complexity index is 1060. The largest absolute Gasteiger partial charge is 0.371 e. The summed E-state index contributed by atoms with van der Waals surface area (Å²) in [6, 6.07) is 11.9. The van der Waals surface area contributed by atoms with Crippen LogP contribution in [0.25, 0.3) is 0 Å². The van der Waals surface area contributed by atoms with Crippen LogP contribution < -0.4 is 9.62 Å². The van der Waals surface area contributed by atoms with Crippen LogP contribution in [0, 0.1) is 5.92 Å². The molecule has 2 aliphatic rings. The Morgan fingerprint density at radius 2 is 1.62 bits per heavy atom. The van der Waals surface area contributed by atoms with E-state index < -0.39 is 10.0 Å². The number of nitrogens with one attached hydrogen (secondary N) is 1. The van der Waals surface area contributed by atoms with Crippen molar-refractivity contribution in [2.45, 2.75) is 43.9 Å². The van der Waals surface area contributed by atoms with Crippen LogP contribution in [0.1, 0.15) is 49.4 Å². The number of sulfonamides is 1. The van der Waals surface area contributed by atoms with Crippen LogP contribution in [0.15, 0.2) is 51.8 Å². The zero-order valence-electron chi connectivity index (χ0n) is 18.4. The lowest BCUT2D eigenvalue weighted by molar-refractivity contribution is 0.0725. The summed E-state index contributed by atoms with van der Waals surface area (Å²) in [5.74, 6) is 0.674. The average molecular weight is 520 g/mol. The molecule has 0 atom stereocenters. The quantitative estimate of drug-likeness (QED) is 0.595. The molecule has 6 nitrogen and oxygen atoms in total. The van der Waals surface area contributed by atoms with E-state index in [4.69, 9.17) is 0 Å². The molecule has 0 saturated carbocycles. The van der Waals surface area contributed by atoms with Crippen LogP contribution in [0.3, 0.4) is 0 Å². The molecule has 32 heavy (non-hydrogen) atoms. The molecule has 0 aliphatic carbocycles. The van der Waals surface area contributed by atoms with E-state index in [0.717, 1.165) is 68.4 Å². The third-order valence-corrected chi connectivity index (χ3v) is 8.30. The molecule has 2 fully saturated rings. The summed E-state index contributed by atoms with van der Waals surface area (Å²) in [6.07, 6.45) is 5.36. The van der Waals surface area contributed by atoms with Crippen molar-refractivity contribution >= 4 is 43.2 Å². The van der Waals surface area contributed by atoms with E-state index in [1.165, 1.54) is 0 Å². The third kappa shape index (κ3) is 5.29. The number of nitrogens with zero attached hydrogens (tertiary/aromatic N) is 2. The maximum absolute atomic E-state index is 13.5. The molecule has 1 N–H and O–H groups in total. The Kier molecular flexibility index (Phi) is 7.10. The normalized spacial score (nSPS) is 17.9. The second-order valence-electron chi connectivity index (χ2n) is 8.81. The van der Waals surface area contributed by atoms with Gasteiger partial charge in [-0.1, -0.05) is 22.9 Å². The number of anilines is 2. The number of benzene rings is 2. The standard InChI is InChI=1S/C24H30BrN3O3S/c1-18-11-15-27(16-12-18)23-10-7-20(17-22(23)24(29)28-13-3-2-4-14-28)26-32(30,31)21-8-5-19(25)6-9-21/h5-10,17-18,26H,2-4,11-16H2,1H3. The van der Waals surface area contributed by atoms with Gasteiger partial charge in [0.05, 0.1) is 10.5 Å². The molecule has 4 rings (SSSR count). The fourth-order valence-electron chi connectivity index (χ4n) is 4.39. The molecule has 2 aromatic carbocycles. The van der Waals surface area contributed by atoms with Crippen molar-refractivity contribution in [3.63, 3.8) is 0 Å². The van der Waals surface area contributed by atoms with Crippen LogP contribution >= 0.6 is 15.9 Å². The second-order valence-corrected chi connectivity index (χ2v) is 11.4. The highest BCUT2D eigenvalue weighted by Gasteiger charge is 2.26. The van der Waals surface area contributed by atoms with Gasteiger partial charge in [-0.15, -0.1) is 0 Å². The lowest BCUT2D eigenvalue weighted by Gasteiger charge is -2.35. The molecule has 0 unspecified atom stereocenters. The molecule has 2 aromatic rings. The SMILES string of the molecule is CC1CCN(c2ccc(NS(=O)(=O)c3ccc(Br)cc3)cc2C(=O)N2CCCCC2)CC1. The zero-order valence-corrected chi connectivity index (χ0v) is 20.8. The molecule has 1 amide bonds. The predicted molar refractivity (Wildman–Crippen MR) is 132 cm³/mol.